The quantitative estimate of drug-likeness (QED) is 0.503. The molecule has 0 spiro atoms. The monoisotopic (exact) mass is 296 g/mol. The van der Waals surface area contributed by atoms with Gasteiger partial charge in [0.2, 0.25) is 0 Å². The minimum Gasteiger partial charge on any atom is -0.228 e. The molecule has 0 amide bonds. The first-order valence-corrected chi connectivity index (χ1v) is 7.71. The van der Waals surface area contributed by atoms with Gasteiger partial charge in [0.1, 0.15) is 0 Å². The summed E-state index contributed by atoms with van der Waals surface area (Å²) in [4.78, 5) is 9.67. The summed E-state index contributed by atoms with van der Waals surface area (Å²) in [6, 6.07) is 26.7. The summed E-state index contributed by atoms with van der Waals surface area (Å²) >= 11 is 0. The van der Waals surface area contributed by atoms with E-state index in [9.17, 15) is 0 Å². The summed E-state index contributed by atoms with van der Waals surface area (Å²) in [5.41, 5.74) is 5.33. The summed E-state index contributed by atoms with van der Waals surface area (Å²) in [6.45, 7) is 2.09. The van der Waals surface area contributed by atoms with Gasteiger partial charge in [-0.2, -0.15) is 0 Å². The third kappa shape index (κ3) is 2.49. The fourth-order valence-corrected chi connectivity index (χ4v) is 2.84. The Bertz CT molecular complexity index is 975. The smallest absolute Gasteiger partial charge is 0.160 e. The summed E-state index contributed by atoms with van der Waals surface area (Å²) in [5.74, 6) is 0.778. The van der Waals surface area contributed by atoms with Crippen LogP contribution >= 0.6 is 0 Å². The van der Waals surface area contributed by atoms with Crippen molar-refractivity contribution in [3.05, 3.63) is 84.4 Å². The lowest BCUT2D eigenvalue weighted by molar-refractivity contribution is 1.22. The Morgan fingerprint density at radius 1 is 0.652 bits per heavy atom. The van der Waals surface area contributed by atoms with E-state index in [0.29, 0.717) is 0 Å². The minimum atomic E-state index is 0.778. The Morgan fingerprint density at radius 3 is 2.17 bits per heavy atom. The van der Waals surface area contributed by atoms with Gasteiger partial charge in [-0.25, -0.2) is 9.97 Å². The van der Waals surface area contributed by atoms with E-state index in [4.69, 9.17) is 9.97 Å². The Kier molecular flexibility index (Phi) is 3.35. The van der Waals surface area contributed by atoms with Crippen LogP contribution < -0.4 is 0 Å². The summed E-state index contributed by atoms with van der Waals surface area (Å²) in [7, 11) is 0. The van der Waals surface area contributed by atoms with E-state index in [2.05, 4.69) is 37.3 Å². The molecule has 4 aromatic rings. The molecule has 110 valence electrons. The average molecular weight is 296 g/mol. The van der Waals surface area contributed by atoms with Crippen LogP contribution in [0.1, 0.15) is 5.56 Å². The van der Waals surface area contributed by atoms with Crippen molar-refractivity contribution in [1.29, 1.82) is 0 Å². The first kappa shape index (κ1) is 13.6. The molecule has 0 saturated heterocycles. The molecule has 0 atom stereocenters. The minimum absolute atomic E-state index is 0.778. The van der Waals surface area contributed by atoms with Crippen molar-refractivity contribution in [2.24, 2.45) is 0 Å². The van der Waals surface area contributed by atoms with E-state index in [1.807, 2.05) is 48.5 Å². The zero-order valence-electron chi connectivity index (χ0n) is 12.9. The van der Waals surface area contributed by atoms with Gasteiger partial charge in [-0.1, -0.05) is 72.8 Å². The Morgan fingerprint density at radius 2 is 1.35 bits per heavy atom. The molecule has 2 heteroatoms. The summed E-state index contributed by atoms with van der Waals surface area (Å²) in [6.07, 6.45) is 0. The maximum absolute atomic E-state index is 4.89. The van der Waals surface area contributed by atoms with Gasteiger partial charge in [-0.05, 0) is 18.6 Å². The molecule has 0 aliphatic heterocycles. The van der Waals surface area contributed by atoms with E-state index in [1.165, 1.54) is 5.56 Å². The van der Waals surface area contributed by atoms with Crippen LogP contribution in [0.2, 0.25) is 0 Å². The second-order valence-corrected chi connectivity index (χ2v) is 5.59. The Hall–Kier alpha value is -3.00. The average Bonchev–Trinajstić information content (AvgIpc) is 2.62. The van der Waals surface area contributed by atoms with Gasteiger partial charge in [0.05, 0.1) is 11.2 Å². The third-order valence-electron chi connectivity index (χ3n) is 4.04. The highest BCUT2D eigenvalue weighted by Gasteiger charge is 2.11. The molecule has 0 aliphatic carbocycles. The summed E-state index contributed by atoms with van der Waals surface area (Å²) in [5, 5.41) is 1.08. The van der Waals surface area contributed by atoms with Crippen LogP contribution in [0.4, 0.5) is 0 Å². The third-order valence-corrected chi connectivity index (χ3v) is 4.04. The Labute approximate surface area is 135 Å². The molecule has 0 bridgehead atoms. The Balaban J connectivity index is 2.04. The number of aromatic nitrogens is 2. The van der Waals surface area contributed by atoms with Crippen molar-refractivity contribution in [3.8, 4) is 22.6 Å². The van der Waals surface area contributed by atoms with Crippen molar-refractivity contribution in [2.45, 2.75) is 6.92 Å². The predicted octanol–water partition coefficient (Wildman–Crippen LogP) is 5.27. The standard InChI is InChI=1S/C21H16N2/c1-15-9-5-6-12-17(15)21-22-19-14-8-7-13-18(19)20(23-21)16-10-3-2-4-11-16/h2-14H,1H3. The molecule has 23 heavy (non-hydrogen) atoms. The molecule has 0 saturated carbocycles. The van der Waals surface area contributed by atoms with Crippen LogP contribution in [-0.4, -0.2) is 9.97 Å². The fourth-order valence-electron chi connectivity index (χ4n) is 2.84. The van der Waals surface area contributed by atoms with Crippen LogP contribution in [0.3, 0.4) is 0 Å². The van der Waals surface area contributed by atoms with Gasteiger partial charge in [0, 0.05) is 16.5 Å². The van der Waals surface area contributed by atoms with Crippen molar-refractivity contribution in [1.82, 2.24) is 9.97 Å². The maximum atomic E-state index is 4.89. The van der Waals surface area contributed by atoms with Crippen molar-refractivity contribution in [3.63, 3.8) is 0 Å². The van der Waals surface area contributed by atoms with Crippen LogP contribution in [0.15, 0.2) is 78.9 Å². The molecule has 2 nitrogen and oxygen atoms in total. The van der Waals surface area contributed by atoms with E-state index in [0.717, 1.165) is 33.5 Å². The molecule has 1 heterocycles. The molecule has 4 rings (SSSR count). The number of hydrogen-bond acceptors (Lipinski definition) is 2. The second-order valence-electron chi connectivity index (χ2n) is 5.59. The highest BCUT2D eigenvalue weighted by atomic mass is 14.9. The van der Waals surface area contributed by atoms with Crippen LogP contribution in [-0.2, 0) is 0 Å². The zero-order chi connectivity index (χ0) is 15.6. The lowest BCUT2D eigenvalue weighted by Crippen LogP contribution is -1.96. The lowest BCUT2D eigenvalue weighted by atomic mass is 10.0. The number of hydrogen-bond donors (Lipinski definition) is 0. The van der Waals surface area contributed by atoms with Gasteiger partial charge in [0.25, 0.3) is 0 Å². The fraction of sp³-hybridized carbons (Fsp3) is 0.0476. The van der Waals surface area contributed by atoms with E-state index in [1.54, 1.807) is 0 Å². The molecular formula is C21H16N2. The molecule has 3 aromatic carbocycles. The van der Waals surface area contributed by atoms with Gasteiger partial charge in [0.15, 0.2) is 5.82 Å². The first-order valence-electron chi connectivity index (χ1n) is 7.71. The molecule has 0 N–H and O–H groups in total. The van der Waals surface area contributed by atoms with Gasteiger partial charge in [-0.15, -0.1) is 0 Å². The van der Waals surface area contributed by atoms with Gasteiger partial charge >= 0.3 is 0 Å². The topological polar surface area (TPSA) is 25.8 Å². The zero-order valence-corrected chi connectivity index (χ0v) is 12.9. The van der Waals surface area contributed by atoms with Crippen molar-refractivity contribution >= 4 is 10.9 Å². The largest absolute Gasteiger partial charge is 0.228 e. The maximum Gasteiger partial charge on any atom is 0.160 e. The number of aryl methyl sites for hydroxylation is 1. The van der Waals surface area contributed by atoms with Gasteiger partial charge < -0.3 is 0 Å². The van der Waals surface area contributed by atoms with Gasteiger partial charge in [-0.3, -0.25) is 0 Å². The number of benzene rings is 3. The number of nitrogens with zero attached hydrogens (tertiary/aromatic N) is 2. The molecule has 1 aromatic heterocycles. The van der Waals surface area contributed by atoms with Crippen molar-refractivity contribution < 1.29 is 0 Å². The van der Waals surface area contributed by atoms with Crippen molar-refractivity contribution in [2.75, 3.05) is 0 Å². The summed E-state index contributed by atoms with van der Waals surface area (Å²) < 4.78 is 0. The molecule has 0 radical (unpaired) electrons. The number of para-hydroxylation sites is 1. The highest BCUT2D eigenvalue weighted by molar-refractivity contribution is 5.93. The van der Waals surface area contributed by atoms with Crippen LogP contribution in [0.5, 0.6) is 0 Å². The van der Waals surface area contributed by atoms with Crippen LogP contribution in [0.25, 0.3) is 33.5 Å². The lowest BCUT2D eigenvalue weighted by Gasteiger charge is -2.10. The van der Waals surface area contributed by atoms with E-state index < -0.39 is 0 Å². The van der Waals surface area contributed by atoms with Crippen LogP contribution in [0, 0.1) is 6.92 Å². The predicted molar refractivity (Wildman–Crippen MR) is 95.1 cm³/mol. The van der Waals surface area contributed by atoms with E-state index >= 15 is 0 Å². The normalized spacial score (nSPS) is 10.8. The second kappa shape index (κ2) is 5.65. The first-order chi connectivity index (χ1) is 11.3. The molecular weight excluding hydrogens is 280 g/mol. The van der Waals surface area contributed by atoms with E-state index in [-0.39, 0.29) is 0 Å². The molecule has 0 unspecified atom stereocenters. The number of rotatable bonds is 2. The SMILES string of the molecule is Cc1ccccc1-c1nc(-c2ccccc2)c2ccccc2n1. The molecule has 0 aliphatic rings. The molecule has 0 fully saturated rings. The highest BCUT2D eigenvalue weighted by Crippen LogP contribution is 2.29. The number of fused-ring (bicyclic) bond motifs is 1.